The Morgan fingerprint density at radius 3 is 2.52 bits per heavy atom. The molecule has 1 aliphatic heterocycles. The highest BCUT2D eigenvalue weighted by Gasteiger charge is 2.36. The average molecular weight is 357 g/mol. The maximum atomic E-state index is 12.6. The van der Waals surface area contributed by atoms with Crippen LogP contribution in [0, 0.1) is 5.92 Å². The predicted molar refractivity (Wildman–Crippen MR) is 97.0 cm³/mol. The van der Waals surface area contributed by atoms with Crippen LogP contribution >= 0.6 is 11.6 Å². The summed E-state index contributed by atoms with van der Waals surface area (Å²) in [5.74, 6) is -1.05. The molecule has 1 unspecified atom stereocenters. The Morgan fingerprint density at radius 1 is 1.12 bits per heavy atom. The molecule has 0 aromatic heterocycles. The molecule has 2 aromatic rings. The first kappa shape index (κ1) is 17.2. The molecule has 6 heteroatoms. The molecule has 1 saturated heterocycles. The van der Waals surface area contributed by atoms with Crippen molar-refractivity contribution in [3.63, 3.8) is 0 Å². The molecule has 1 N–H and O–H groups in total. The van der Waals surface area contributed by atoms with Gasteiger partial charge in [0, 0.05) is 18.5 Å². The number of amides is 2. The molecule has 0 bridgehead atoms. The zero-order valence-corrected chi connectivity index (χ0v) is 14.4. The molecule has 0 saturated carbocycles. The smallest absolute Gasteiger partial charge is 0.229 e. The van der Waals surface area contributed by atoms with Gasteiger partial charge >= 0.3 is 0 Å². The monoisotopic (exact) mass is 356 g/mol. The summed E-state index contributed by atoms with van der Waals surface area (Å²) in [6.07, 6.45) is 0.110. The molecule has 1 aliphatic rings. The molecule has 0 aliphatic carbocycles. The van der Waals surface area contributed by atoms with Gasteiger partial charge in [0.15, 0.2) is 5.78 Å². The van der Waals surface area contributed by atoms with E-state index in [0.717, 1.165) is 0 Å². The van der Waals surface area contributed by atoms with E-state index in [0.29, 0.717) is 22.0 Å². The zero-order chi connectivity index (χ0) is 18.0. The van der Waals surface area contributed by atoms with E-state index in [4.69, 9.17) is 11.6 Å². The number of ketones is 1. The van der Waals surface area contributed by atoms with Gasteiger partial charge in [-0.25, -0.2) is 0 Å². The van der Waals surface area contributed by atoms with Crippen molar-refractivity contribution in [1.29, 1.82) is 0 Å². The van der Waals surface area contributed by atoms with E-state index in [1.54, 1.807) is 48.5 Å². The Kier molecular flexibility index (Phi) is 4.86. The number of nitrogens with zero attached hydrogens (tertiary/aromatic N) is 1. The number of hydrogen-bond donors (Lipinski definition) is 1. The van der Waals surface area contributed by atoms with Crippen molar-refractivity contribution in [3.8, 4) is 0 Å². The number of carbonyl (C=O) groups excluding carboxylic acids is 3. The summed E-state index contributed by atoms with van der Waals surface area (Å²) >= 11 is 6.15. The third kappa shape index (κ3) is 3.56. The Hall–Kier alpha value is -2.66. The quantitative estimate of drug-likeness (QED) is 0.852. The van der Waals surface area contributed by atoms with Crippen LogP contribution in [-0.4, -0.2) is 24.1 Å². The van der Waals surface area contributed by atoms with Gasteiger partial charge in [0.25, 0.3) is 0 Å². The van der Waals surface area contributed by atoms with Crippen LogP contribution in [0.5, 0.6) is 0 Å². The van der Waals surface area contributed by atoms with Crippen LogP contribution in [0.3, 0.4) is 0 Å². The van der Waals surface area contributed by atoms with E-state index in [1.807, 2.05) is 0 Å². The molecule has 2 amide bonds. The van der Waals surface area contributed by atoms with Crippen LogP contribution in [0.2, 0.25) is 5.02 Å². The van der Waals surface area contributed by atoms with Crippen molar-refractivity contribution in [2.75, 3.05) is 16.8 Å². The topological polar surface area (TPSA) is 66.5 Å². The minimum Gasteiger partial charge on any atom is -0.325 e. The van der Waals surface area contributed by atoms with Gasteiger partial charge in [-0.2, -0.15) is 0 Å². The summed E-state index contributed by atoms with van der Waals surface area (Å²) in [7, 11) is 0. The summed E-state index contributed by atoms with van der Waals surface area (Å²) in [6.45, 7) is 1.71. The second-order valence-electron chi connectivity index (χ2n) is 5.95. The molecule has 1 heterocycles. The van der Waals surface area contributed by atoms with E-state index in [-0.39, 0.29) is 30.6 Å². The summed E-state index contributed by atoms with van der Waals surface area (Å²) < 4.78 is 0. The van der Waals surface area contributed by atoms with Crippen molar-refractivity contribution in [3.05, 3.63) is 59.1 Å². The largest absolute Gasteiger partial charge is 0.325 e. The fraction of sp³-hybridized carbons (Fsp3) is 0.211. The first-order valence-electron chi connectivity index (χ1n) is 7.93. The third-order valence-electron chi connectivity index (χ3n) is 4.20. The molecule has 2 aromatic carbocycles. The fourth-order valence-electron chi connectivity index (χ4n) is 2.92. The highest BCUT2D eigenvalue weighted by molar-refractivity contribution is 6.34. The Bertz CT molecular complexity index is 850. The highest BCUT2D eigenvalue weighted by atomic mass is 35.5. The summed E-state index contributed by atoms with van der Waals surface area (Å²) in [4.78, 5) is 38.1. The maximum Gasteiger partial charge on any atom is 0.229 e. The van der Waals surface area contributed by atoms with E-state index in [9.17, 15) is 14.4 Å². The second-order valence-corrected chi connectivity index (χ2v) is 6.36. The van der Waals surface area contributed by atoms with Gasteiger partial charge in [-0.15, -0.1) is 0 Å². The number of rotatable bonds is 4. The average Bonchev–Trinajstić information content (AvgIpc) is 2.97. The molecule has 3 rings (SSSR count). The molecule has 0 spiro atoms. The van der Waals surface area contributed by atoms with Crippen molar-refractivity contribution in [2.24, 2.45) is 5.92 Å². The van der Waals surface area contributed by atoms with Crippen molar-refractivity contribution in [1.82, 2.24) is 0 Å². The summed E-state index contributed by atoms with van der Waals surface area (Å²) in [5, 5.41) is 3.24. The molecule has 0 radical (unpaired) electrons. The minimum atomic E-state index is -0.496. The molecular formula is C19H17ClN2O3. The van der Waals surface area contributed by atoms with Crippen LogP contribution in [0.1, 0.15) is 23.7 Å². The Morgan fingerprint density at radius 2 is 1.80 bits per heavy atom. The lowest BCUT2D eigenvalue weighted by atomic mass is 10.1. The summed E-state index contributed by atoms with van der Waals surface area (Å²) in [5.41, 5.74) is 1.51. The van der Waals surface area contributed by atoms with Crippen molar-refractivity contribution < 1.29 is 14.4 Å². The number of para-hydroxylation sites is 2. The van der Waals surface area contributed by atoms with Crippen molar-refractivity contribution >= 4 is 40.6 Å². The first-order valence-corrected chi connectivity index (χ1v) is 8.31. The number of halogens is 1. The zero-order valence-electron chi connectivity index (χ0n) is 13.7. The molecule has 1 fully saturated rings. The van der Waals surface area contributed by atoms with Crippen molar-refractivity contribution in [2.45, 2.75) is 13.3 Å². The standard InChI is InChI=1S/C19H17ClN2O3/c1-12(23)14-6-2-4-8-16(14)21-19(25)13-10-18(24)22(11-13)17-9-5-3-7-15(17)20/h2-9,13H,10-11H2,1H3,(H,21,25). The van der Waals surface area contributed by atoms with E-state index in [2.05, 4.69) is 5.32 Å². The number of Topliss-reactive ketones (excluding diaryl/α,β-unsaturated/α-hetero) is 1. The maximum absolute atomic E-state index is 12.6. The fourth-order valence-corrected chi connectivity index (χ4v) is 3.16. The summed E-state index contributed by atoms with van der Waals surface area (Å²) in [6, 6.07) is 13.9. The van der Waals surface area contributed by atoms with E-state index < -0.39 is 5.92 Å². The second kappa shape index (κ2) is 7.07. The molecule has 25 heavy (non-hydrogen) atoms. The SMILES string of the molecule is CC(=O)c1ccccc1NC(=O)C1CC(=O)N(c2ccccc2Cl)C1. The number of hydrogen-bond acceptors (Lipinski definition) is 3. The molecule has 128 valence electrons. The highest BCUT2D eigenvalue weighted by Crippen LogP contribution is 2.31. The lowest BCUT2D eigenvalue weighted by molar-refractivity contribution is -0.122. The number of anilines is 2. The van der Waals surface area contributed by atoms with Gasteiger partial charge < -0.3 is 10.2 Å². The first-order chi connectivity index (χ1) is 12.0. The van der Waals surface area contributed by atoms with Gasteiger partial charge in [-0.1, -0.05) is 35.9 Å². The van der Waals surface area contributed by atoms with Crippen LogP contribution in [-0.2, 0) is 9.59 Å². The van der Waals surface area contributed by atoms with Crippen LogP contribution in [0.15, 0.2) is 48.5 Å². The van der Waals surface area contributed by atoms with E-state index >= 15 is 0 Å². The van der Waals surface area contributed by atoms with Gasteiger partial charge in [0.1, 0.15) is 0 Å². The molecule has 5 nitrogen and oxygen atoms in total. The normalized spacial score (nSPS) is 16.8. The number of carbonyl (C=O) groups is 3. The Balaban J connectivity index is 1.76. The third-order valence-corrected chi connectivity index (χ3v) is 4.52. The number of nitrogens with one attached hydrogen (secondary N) is 1. The van der Waals surface area contributed by atoms with Crippen LogP contribution < -0.4 is 10.2 Å². The van der Waals surface area contributed by atoms with Gasteiger partial charge in [0.2, 0.25) is 11.8 Å². The minimum absolute atomic E-state index is 0.110. The van der Waals surface area contributed by atoms with Crippen LogP contribution in [0.4, 0.5) is 11.4 Å². The van der Waals surface area contributed by atoms with E-state index in [1.165, 1.54) is 11.8 Å². The lowest BCUT2D eigenvalue weighted by Crippen LogP contribution is -2.28. The number of benzene rings is 2. The lowest BCUT2D eigenvalue weighted by Gasteiger charge is -2.18. The van der Waals surface area contributed by atoms with Gasteiger partial charge in [0.05, 0.1) is 22.3 Å². The Labute approximate surface area is 150 Å². The van der Waals surface area contributed by atoms with Gasteiger partial charge in [-0.05, 0) is 31.2 Å². The molecule has 1 atom stereocenters. The predicted octanol–water partition coefficient (Wildman–Crippen LogP) is 3.53. The van der Waals surface area contributed by atoms with Gasteiger partial charge in [-0.3, -0.25) is 14.4 Å². The van der Waals surface area contributed by atoms with Crippen LogP contribution in [0.25, 0.3) is 0 Å². The molecular weight excluding hydrogens is 340 g/mol.